The van der Waals surface area contributed by atoms with Crippen molar-refractivity contribution < 1.29 is 5.21 Å². The summed E-state index contributed by atoms with van der Waals surface area (Å²) in [6.45, 7) is 8.75. The predicted octanol–water partition coefficient (Wildman–Crippen LogP) is 2.65. The highest BCUT2D eigenvalue weighted by Gasteiger charge is 2.25. The molecule has 0 fully saturated rings. The van der Waals surface area contributed by atoms with E-state index in [0.29, 0.717) is 6.04 Å². The van der Waals surface area contributed by atoms with Gasteiger partial charge in [0.25, 0.3) is 0 Å². The van der Waals surface area contributed by atoms with Crippen molar-refractivity contribution in [2.24, 2.45) is 16.3 Å². The molecular weight excluding hydrogens is 226 g/mol. The van der Waals surface area contributed by atoms with Gasteiger partial charge in [0.05, 0.1) is 0 Å². The van der Waals surface area contributed by atoms with Gasteiger partial charge in [-0.25, -0.2) is 0 Å². The summed E-state index contributed by atoms with van der Waals surface area (Å²) >= 11 is 0. The van der Waals surface area contributed by atoms with Gasteiger partial charge in [-0.1, -0.05) is 38.1 Å². The lowest BCUT2D eigenvalue weighted by Gasteiger charge is -2.37. The minimum atomic E-state index is 0.138. The van der Waals surface area contributed by atoms with E-state index < -0.39 is 0 Å². The van der Waals surface area contributed by atoms with E-state index in [1.807, 2.05) is 31.3 Å². The molecule has 100 valence electrons. The van der Waals surface area contributed by atoms with E-state index in [1.54, 1.807) is 0 Å². The zero-order chi connectivity index (χ0) is 13.9. The van der Waals surface area contributed by atoms with E-state index in [-0.39, 0.29) is 11.3 Å². The van der Waals surface area contributed by atoms with Crippen LogP contribution in [0.25, 0.3) is 0 Å². The Hall–Kier alpha value is -1.71. The lowest BCUT2D eigenvalue weighted by atomic mass is 9.86. The van der Waals surface area contributed by atoms with Crippen molar-refractivity contribution in [2.75, 3.05) is 11.9 Å². The molecule has 0 aliphatic carbocycles. The van der Waals surface area contributed by atoms with Crippen LogP contribution in [0, 0.1) is 5.41 Å². The highest BCUT2D eigenvalue weighted by molar-refractivity contribution is 6.02. The van der Waals surface area contributed by atoms with Crippen LogP contribution in [0.4, 0.5) is 5.69 Å². The first-order chi connectivity index (χ1) is 8.29. The van der Waals surface area contributed by atoms with E-state index in [2.05, 4.69) is 37.8 Å². The first kappa shape index (κ1) is 14.4. The van der Waals surface area contributed by atoms with Gasteiger partial charge in [0.15, 0.2) is 5.84 Å². The number of para-hydroxylation sites is 1. The largest absolute Gasteiger partial charge is 0.409 e. The van der Waals surface area contributed by atoms with Crippen molar-refractivity contribution in [3.63, 3.8) is 0 Å². The third-order valence-electron chi connectivity index (χ3n) is 3.50. The fraction of sp³-hybridized carbons (Fsp3) is 0.500. The number of hydrogen-bond donors (Lipinski definition) is 2. The third kappa shape index (κ3) is 2.94. The van der Waals surface area contributed by atoms with Crippen molar-refractivity contribution in [3.8, 4) is 0 Å². The summed E-state index contributed by atoms with van der Waals surface area (Å²) in [5.74, 6) is 0.138. The van der Waals surface area contributed by atoms with E-state index in [1.165, 1.54) is 0 Å². The molecule has 0 radical (unpaired) electrons. The summed E-state index contributed by atoms with van der Waals surface area (Å²) in [6, 6.07) is 8.00. The fourth-order valence-corrected chi connectivity index (χ4v) is 1.84. The molecular formula is C14H23N3O. The zero-order valence-corrected chi connectivity index (χ0v) is 11.8. The van der Waals surface area contributed by atoms with E-state index >= 15 is 0 Å². The summed E-state index contributed by atoms with van der Waals surface area (Å²) < 4.78 is 0. The number of benzene rings is 1. The van der Waals surface area contributed by atoms with Crippen LogP contribution in [-0.2, 0) is 0 Å². The van der Waals surface area contributed by atoms with Crippen LogP contribution in [0.15, 0.2) is 29.4 Å². The standard InChI is InChI=1S/C14H23N3O/c1-10(14(2,3)4)17(5)12-9-7-6-8-11(12)13(15)16-18/h6-10,18H,1-5H3,(H2,15,16). The molecule has 0 aliphatic rings. The molecule has 1 rings (SSSR count). The van der Waals surface area contributed by atoms with Crippen LogP contribution in [0.3, 0.4) is 0 Å². The molecule has 1 aromatic rings. The second-order valence-electron chi connectivity index (χ2n) is 5.66. The first-order valence-corrected chi connectivity index (χ1v) is 6.08. The van der Waals surface area contributed by atoms with Crippen LogP contribution < -0.4 is 10.6 Å². The maximum atomic E-state index is 8.84. The van der Waals surface area contributed by atoms with Crippen LogP contribution >= 0.6 is 0 Å². The monoisotopic (exact) mass is 249 g/mol. The Morgan fingerprint density at radius 1 is 1.33 bits per heavy atom. The smallest absolute Gasteiger partial charge is 0.172 e. The van der Waals surface area contributed by atoms with Gasteiger partial charge in [-0.15, -0.1) is 0 Å². The SMILES string of the molecule is CC(N(C)c1ccccc1C(N)=NO)C(C)(C)C. The van der Waals surface area contributed by atoms with E-state index in [0.717, 1.165) is 11.3 Å². The average Bonchev–Trinajstić information content (AvgIpc) is 2.35. The minimum absolute atomic E-state index is 0.138. The molecule has 0 saturated carbocycles. The van der Waals surface area contributed by atoms with Gasteiger partial charge in [0.2, 0.25) is 0 Å². The summed E-state index contributed by atoms with van der Waals surface area (Å²) in [5, 5.41) is 11.9. The Morgan fingerprint density at radius 3 is 2.39 bits per heavy atom. The Bertz CT molecular complexity index is 435. The average molecular weight is 249 g/mol. The number of rotatable bonds is 3. The van der Waals surface area contributed by atoms with Crippen molar-refractivity contribution in [3.05, 3.63) is 29.8 Å². The summed E-state index contributed by atoms with van der Waals surface area (Å²) in [5.41, 5.74) is 7.58. The van der Waals surface area contributed by atoms with Gasteiger partial charge in [-0.2, -0.15) is 0 Å². The van der Waals surface area contributed by atoms with Crippen molar-refractivity contribution >= 4 is 11.5 Å². The molecule has 0 saturated heterocycles. The molecule has 0 spiro atoms. The van der Waals surface area contributed by atoms with Crippen LogP contribution in [0.1, 0.15) is 33.3 Å². The summed E-state index contributed by atoms with van der Waals surface area (Å²) in [7, 11) is 2.03. The highest BCUT2D eigenvalue weighted by atomic mass is 16.4. The Labute approximate surface area is 109 Å². The Morgan fingerprint density at radius 2 is 1.89 bits per heavy atom. The lowest BCUT2D eigenvalue weighted by Crippen LogP contribution is -2.40. The maximum Gasteiger partial charge on any atom is 0.172 e. The lowest BCUT2D eigenvalue weighted by molar-refractivity contribution is 0.318. The predicted molar refractivity (Wildman–Crippen MR) is 76.3 cm³/mol. The summed E-state index contributed by atoms with van der Waals surface area (Å²) in [6.07, 6.45) is 0. The number of hydrogen-bond acceptors (Lipinski definition) is 3. The molecule has 0 bridgehead atoms. The molecule has 0 amide bonds. The number of anilines is 1. The molecule has 0 heterocycles. The fourth-order valence-electron chi connectivity index (χ4n) is 1.84. The Balaban J connectivity index is 3.18. The van der Waals surface area contributed by atoms with Gasteiger partial charge in [-0.05, 0) is 24.5 Å². The third-order valence-corrected chi connectivity index (χ3v) is 3.50. The summed E-state index contributed by atoms with van der Waals surface area (Å²) in [4.78, 5) is 2.16. The van der Waals surface area contributed by atoms with E-state index in [9.17, 15) is 0 Å². The van der Waals surface area contributed by atoms with Gasteiger partial charge < -0.3 is 15.8 Å². The minimum Gasteiger partial charge on any atom is -0.409 e. The second kappa shape index (κ2) is 5.29. The number of oxime groups is 1. The van der Waals surface area contributed by atoms with Crippen molar-refractivity contribution in [1.29, 1.82) is 0 Å². The number of nitrogens with zero attached hydrogens (tertiary/aromatic N) is 2. The molecule has 1 atom stereocenters. The maximum absolute atomic E-state index is 8.84. The molecule has 3 N–H and O–H groups in total. The highest BCUT2D eigenvalue weighted by Crippen LogP contribution is 2.29. The van der Waals surface area contributed by atoms with Gasteiger partial charge in [0, 0.05) is 24.3 Å². The van der Waals surface area contributed by atoms with Crippen molar-refractivity contribution in [2.45, 2.75) is 33.7 Å². The van der Waals surface area contributed by atoms with Gasteiger partial charge >= 0.3 is 0 Å². The normalized spacial score (nSPS) is 14.4. The van der Waals surface area contributed by atoms with Crippen LogP contribution in [0.2, 0.25) is 0 Å². The number of amidine groups is 1. The van der Waals surface area contributed by atoms with Crippen LogP contribution in [-0.4, -0.2) is 24.1 Å². The van der Waals surface area contributed by atoms with Crippen molar-refractivity contribution in [1.82, 2.24) is 0 Å². The zero-order valence-electron chi connectivity index (χ0n) is 11.8. The number of nitrogens with two attached hydrogens (primary N) is 1. The molecule has 0 aliphatic heterocycles. The van der Waals surface area contributed by atoms with Crippen LogP contribution in [0.5, 0.6) is 0 Å². The molecule has 1 aromatic carbocycles. The quantitative estimate of drug-likeness (QED) is 0.375. The molecule has 0 aromatic heterocycles. The molecule has 18 heavy (non-hydrogen) atoms. The topological polar surface area (TPSA) is 61.8 Å². The molecule has 4 heteroatoms. The first-order valence-electron chi connectivity index (χ1n) is 6.08. The van der Waals surface area contributed by atoms with Gasteiger partial charge in [-0.3, -0.25) is 0 Å². The van der Waals surface area contributed by atoms with E-state index in [4.69, 9.17) is 10.9 Å². The van der Waals surface area contributed by atoms with Gasteiger partial charge in [0.1, 0.15) is 0 Å². The molecule has 4 nitrogen and oxygen atoms in total. The molecule has 1 unspecified atom stereocenters. The second-order valence-corrected chi connectivity index (χ2v) is 5.66. The Kier molecular flexibility index (Phi) is 4.22.